The molecule has 2 aromatic rings. The normalized spacial score (nSPS) is 12.2. The molecule has 11 heteroatoms. The van der Waals surface area contributed by atoms with E-state index in [4.69, 9.17) is 16.3 Å². The summed E-state index contributed by atoms with van der Waals surface area (Å²) in [5, 5.41) is 3.13. The van der Waals surface area contributed by atoms with Gasteiger partial charge in [-0.25, -0.2) is 8.42 Å². The van der Waals surface area contributed by atoms with Gasteiger partial charge in [-0.05, 0) is 48.7 Å². The van der Waals surface area contributed by atoms with Gasteiger partial charge in [0.15, 0.2) is 0 Å². The van der Waals surface area contributed by atoms with Gasteiger partial charge in [-0.2, -0.15) is 0 Å². The Hall–Kier alpha value is -2.30. The molecule has 2 rings (SSSR count). The third-order valence-electron chi connectivity index (χ3n) is 5.21. The molecule has 0 unspecified atom stereocenters. The molecule has 0 fully saturated rings. The maximum atomic E-state index is 13.6. The minimum absolute atomic E-state index is 0.118. The summed E-state index contributed by atoms with van der Waals surface area (Å²) in [7, 11) is -2.50. The summed E-state index contributed by atoms with van der Waals surface area (Å²) in [6.45, 7) is 5.60. The van der Waals surface area contributed by atoms with Crippen LogP contribution in [0.5, 0.6) is 5.75 Å². The molecule has 2 amide bonds. The SMILES string of the molecule is COc1ccc(Cl)cc1N(CC(=O)N(Cc1ccc(Br)cc1)[C@@H](C)C(=O)NCC(C)C)S(C)(=O)=O. The Labute approximate surface area is 220 Å². The Bertz CT molecular complexity index is 1140. The van der Waals surface area contributed by atoms with Gasteiger partial charge in [0.1, 0.15) is 18.3 Å². The number of halogens is 2. The van der Waals surface area contributed by atoms with Crippen molar-refractivity contribution in [2.75, 3.05) is 30.8 Å². The van der Waals surface area contributed by atoms with Crippen molar-refractivity contribution < 1.29 is 22.7 Å². The maximum absolute atomic E-state index is 13.6. The molecule has 0 saturated heterocycles. The fourth-order valence-electron chi connectivity index (χ4n) is 3.27. The van der Waals surface area contributed by atoms with Gasteiger partial charge in [0.2, 0.25) is 21.8 Å². The number of sulfonamides is 1. The molecule has 2 aromatic carbocycles. The number of ether oxygens (including phenoxy) is 1. The van der Waals surface area contributed by atoms with Crippen LogP contribution in [0.3, 0.4) is 0 Å². The van der Waals surface area contributed by atoms with Crippen molar-refractivity contribution in [3.8, 4) is 5.75 Å². The number of nitrogens with one attached hydrogen (secondary N) is 1. The van der Waals surface area contributed by atoms with Crippen LogP contribution in [0.2, 0.25) is 5.02 Å². The Morgan fingerprint density at radius 3 is 2.29 bits per heavy atom. The molecule has 1 N–H and O–H groups in total. The molecule has 0 spiro atoms. The van der Waals surface area contributed by atoms with E-state index >= 15 is 0 Å². The van der Waals surface area contributed by atoms with Crippen LogP contribution in [-0.4, -0.2) is 57.6 Å². The summed E-state index contributed by atoms with van der Waals surface area (Å²) in [5.41, 5.74) is 0.924. The fourth-order valence-corrected chi connectivity index (χ4v) is 4.55. The molecule has 0 aliphatic rings. The van der Waals surface area contributed by atoms with E-state index in [1.807, 2.05) is 38.1 Å². The summed E-state index contributed by atoms with van der Waals surface area (Å²) < 4.78 is 32.6. The van der Waals surface area contributed by atoms with Crippen LogP contribution in [0.25, 0.3) is 0 Å². The summed E-state index contributed by atoms with van der Waals surface area (Å²) in [6, 6.07) is 11.0. The number of hydrogen-bond acceptors (Lipinski definition) is 5. The second kappa shape index (κ2) is 12.6. The van der Waals surface area contributed by atoms with Crippen LogP contribution in [0, 0.1) is 5.92 Å². The molecule has 1 atom stereocenters. The van der Waals surface area contributed by atoms with E-state index in [-0.39, 0.29) is 34.8 Å². The molecule has 0 aromatic heterocycles. The van der Waals surface area contributed by atoms with Gasteiger partial charge in [-0.3, -0.25) is 13.9 Å². The van der Waals surface area contributed by atoms with E-state index in [1.165, 1.54) is 24.1 Å². The summed E-state index contributed by atoms with van der Waals surface area (Å²) in [5.74, 6) is -0.393. The number of rotatable bonds is 11. The van der Waals surface area contributed by atoms with Crippen LogP contribution in [0.1, 0.15) is 26.3 Å². The second-order valence-electron chi connectivity index (χ2n) is 8.55. The smallest absolute Gasteiger partial charge is 0.244 e. The highest BCUT2D eigenvalue weighted by Crippen LogP contribution is 2.33. The minimum atomic E-state index is -3.90. The number of amides is 2. The van der Waals surface area contributed by atoms with Crippen molar-refractivity contribution in [3.63, 3.8) is 0 Å². The van der Waals surface area contributed by atoms with Crippen molar-refractivity contribution in [3.05, 3.63) is 57.5 Å². The average molecular weight is 589 g/mol. The van der Waals surface area contributed by atoms with Gasteiger partial charge in [-0.1, -0.05) is 53.5 Å². The van der Waals surface area contributed by atoms with E-state index in [0.717, 1.165) is 20.6 Å². The lowest BCUT2D eigenvalue weighted by Gasteiger charge is -2.32. The Kier molecular flexibility index (Phi) is 10.4. The highest BCUT2D eigenvalue weighted by Gasteiger charge is 2.31. The first-order valence-electron chi connectivity index (χ1n) is 11.0. The second-order valence-corrected chi connectivity index (χ2v) is 11.8. The fraction of sp³-hybridized carbons (Fsp3) is 0.417. The van der Waals surface area contributed by atoms with Gasteiger partial charge in [-0.15, -0.1) is 0 Å². The monoisotopic (exact) mass is 587 g/mol. The van der Waals surface area contributed by atoms with Gasteiger partial charge < -0.3 is 15.0 Å². The molecule has 0 radical (unpaired) electrons. The molecule has 0 aliphatic heterocycles. The van der Waals surface area contributed by atoms with E-state index in [2.05, 4.69) is 21.2 Å². The molecule has 35 heavy (non-hydrogen) atoms. The number of hydrogen-bond donors (Lipinski definition) is 1. The number of nitrogens with zero attached hydrogens (tertiary/aromatic N) is 2. The molecular formula is C24H31BrClN3O5S. The van der Waals surface area contributed by atoms with Crippen molar-refractivity contribution >= 4 is 55.1 Å². The van der Waals surface area contributed by atoms with Crippen LogP contribution in [0.15, 0.2) is 46.9 Å². The third kappa shape index (κ3) is 8.40. The van der Waals surface area contributed by atoms with Gasteiger partial charge in [0, 0.05) is 22.6 Å². The minimum Gasteiger partial charge on any atom is -0.495 e. The van der Waals surface area contributed by atoms with Crippen molar-refractivity contribution in [2.45, 2.75) is 33.4 Å². The highest BCUT2D eigenvalue weighted by molar-refractivity contribution is 9.10. The largest absolute Gasteiger partial charge is 0.495 e. The lowest BCUT2D eigenvalue weighted by atomic mass is 10.1. The lowest BCUT2D eigenvalue weighted by molar-refractivity contribution is -0.139. The zero-order chi connectivity index (χ0) is 26.3. The van der Waals surface area contributed by atoms with Crippen LogP contribution in [-0.2, 0) is 26.2 Å². The van der Waals surface area contributed by atoms with Gasteiger partial charge in [0.05, 0.1) is 19.1 Å². The van der Waals surface area contributed by atoms with E-state index in [1.54, 1.807) is 13.0 Å². The van der Waals surface area contributed by atoms with Gasteiger partial charge in [0.25, 0.3) is 0 Å². The maximum Gasteiger partial charge on any atom is 0.244 e. The van der Waals surface area contributed by atoms with Crippen LogP contribution >= 0.6 is 27.5 Å². The predicted molar refractivity (Wildman–Crippen MR) is 142 cm³/mol. The highest BCUT2D eigenvalue weighted by atomic mass is 79.9. The number of benzene rings is 2. The first-order valence-corrected chi connectivity index (χ1v) is 14.0. The molecule has 0 bridgehead atoms. The zero-order valence-corrected chi connectivity index (χ0v) is 23.6. The third-order valence-corrected chi connectivity index (χ3v) is 7.10. The van der Waals surface area contributed by atoms with E-state index in [0.29, 0.717) is 6.54 Å². The molecule has 192 valence electrons. The predicted octanol–water partition coefficient (Wildman–Crippen LogP) is 4.07. The number of anilines is 1. The molecule has 0 aliphatic carbocycles. The average Bonchev–Trinajstić information content (AvgIpc) is 2.79. The summed E-state index contributed by atoms with van der Waals surface area (Å²) >= 11 is 9.50. The zero-order valence-electron chi connectivity index (χ0n) is 20.4. The first-order chi connectivity index (χ1) is 16.3. The van der Waals surface area contributed by atoms with Crippen LogP contribution in [0.4, 0.5) is 5.69 Å². The first kappa shape index (κ1) is 28.9. The Morgan fingerprint density at radius 2 is 1.74 bits per heavy atom. The topological polar surface area (TPSA) is 96.0 Å². The molecule has 0 heterocycles. The number of carbonyl (C=O) groups is 2. The molecule has 8 nitrogen and oxygen atoms in total. The quantitative estimate of drug-likeness (QED) is 0.427. The Balaban J connectivity index is 2.43. The number of carbonyl (C=O) groups excluding carboxylic acids is 2. The van der Waals surface area contributed by atoms with Gasteiger partial charge >= 0.3 is 0 Å². The summed E-state index contributed by atoms with van der Waals surface area (Å²) in [6.07, 6.45) is 0.998. The van der Waals surface area contributed by atoms with Crippen molar-refractivity contribution in [1.29, 1.82) is 0 Å². The standard InChI is InChI=1S/C24H31BrClN3O5S/c1-16(2)13-27-24(31)17(3)28(14-18-6-8-19(25)9-7-18)23(30)15-29(35(5,32)33)21-12-20(26)10-11-22(21)34-4/h6-12,16-17H,13-15H2,1-5H3,(H,27,31)/t17-/m0/s1. The van der Waals surface area contributed by atoms with E-state index < -0.39 is 28.5 Å². The molecule has 0 saturated carbocycles. The number of methoxy groups -OCH3 is 1. The van der Waals surface area contributed by atoms with Crippen molar-refractivity contribution in [1.82, 2.24) is 10.2 Å². The lowest BCUT2D eigenvalue weighted by Crippen LogP contribution is -2.51. The molecular weight excluding hydrogens is 558 g/mol. The summed E-state index contributed by atoms with van der Waals surface area (Å²) in [4.78, 5) is 27.8. The van der Waals surface area contributed by atoms with Crippen LogP contribution < -0.4 is 14.4 Å². The van der Waals surface area contributed by atoms with Crippen molar-refractivity contribution in [2.24, 2.45) is 5.92 Å². The Morgan fingerprint density at radius 1 is 1.11 bits per heavy atom. The van der Waals surface area contributed by atoms with E-state index in [9.17, 15) is 18.0 Å².